The van der Waals surface area contributed by atoms with Crippen LogP contribution in [-0.4, -0.2) is 23.8 Å². The lowest BCUT2D eigenvalue weighted by Gasteiger charge is -2.30. The molecule has 1 aromatic rings. The number of hydrogen-bond donors (Lipinski definition) is 2. The second-order valence-corrected chi connectivity index (χ2v) is 4.53. The number of anilines is 2. The Bertz CT molecular complexity index is 361. The molecule has 4 heteroatoms. The van der Waals surface area contributed by atoms with Crippen molar-refractivity contribution in [2.24, 2.45) is 0 Å². The Morgan fingerprint density at radius 3 is 2.56 bits per heavy atom. The van der Waals surface area contributed by atoms with Crippen molar-refractivity contribution in [2.45, 2.75) is 26.4 Å². The number of nitrogens with zero attached hydrogens (tertiary/aromatic N) is 1. The fraction of sp³-hybridized carbons (Fsp3) is 0.500. The second-order valence-electron chi connectivity index (χ2n) is 4.53. The number of benzene rings is 1. The molecule has 0 fully saturated rings. The van der Waals surface area contributed by atoms with Gasteiger partial charge in [-0.25, -0.2) is 4.39 Å². The standard InChI is InChI=1S/C12H19FN2O/c1-4-15(8-12(2,3)16)11-7-9(13)5-6-10(11)14/h5-7,16H,4,8,14H2,1-3H3. The van der Waals surface area contributed by atoms with E-state index in [4.69, 9.17) is 5.73 Å². The molecule has 0 bridgehead atoms. The van der Waals surface area contributed by atoms with E-state index >= 15 is 0 Å². The lowest BCUT2D eigenvalue weighted by atomic mass is 10.1. The van der Waals surface area contributed by atoms with Gasteiger partial charge in [-0.2, -0.15) is 0 Å². The zero-order chi connectivity index (χ0) is 12.3. The molecule has 0 aliphatic rings. The third-order valence-corrected chi connectivity index (χ3v) is 2.29. The Morgan fingerprint density at radius 2 is 2.06 bits per heavy atom. The molecule has 3 nitrogen and oxygen atoms in total. The van der Waals surface area contributed by atoms with Gasteiger partial charge in [0.2, 0.25) is 0 Å². The van der Waals surface area contributed by atoms with Gasteiger partial charge in [0, 0.05) is 13.1 Å². The Kier molecular flexibility index (Phi) is 3.75. The third kappa shape index (κ3) is 3.38. The molecule has 0 saturated heterocycles. The van der Waals surface area contributed by atoms with Crippen LogP contribution in [0.25, 0.3) is 0 Å². The summed E-state index contributed by atoms with van der Waals surface area (Å²) < 4.78 is 13.1. The lowest BCUT2D eigenvalue weighted by Crippen LogP contribution is -2.39. The van der Waals surface area contributed by atoms with Crippen molar-refractivity contribution in [2.75, 3.05) is 23.7 Å². The summed E-state index contributed by atoms with van der Waals surface area (Å²) in [5, 5.41) is 9.76. The van der Waals surface area contributed by atoms with E-state index in [2.05, 4.69) is 0 Å². The van der Waals surface area contributed by atoms with E-state index in [1.54, 1.807) is 13.8 Å². The van der Waals surface area contributed by atoms with E-state index < -0.39 is 5.60 Å². The number of aliphatic hydroxyl groups is 1. The molecule has 0 aliphatic carbocycles. The summed E-state index contributed by atoms with van der Waals surface area (Å²) in [5.41, 5.74) is 6.11. The van der Waals surface area contributed by atoms with E-state index in [0.717, 1.165) is 0 Å². The van der Waals surface area contributed by atoms with Gasteiger partial charge < -0.3 is 15.7 Å². The van der Waals surface area contributed by atoms with Crippen LogP contribution in [0.2, 0.25) is 0 Å². The van der Waals surface area contributed by atoms with Gasteiger partial charge in [0.15, 0.2) is 0 Å². The van der Waals surface area contributed by atoms with Gasteiger partial charge in [0.1, 0.15) is 5.82 Å². The Balaban J connectivity index is 2.99. The Labute approximate surface area is 95.7 Å². The number of halogens is 1. The summed E-state index contributed by atoms with van der Waals surface area (Å²) in [4.78, 5) is 1.86. The number of likely N-dealkylation sites (N-methyl/N-ethyl adjacent to an activating group) is 1. The molecule has 0 atom stereocenters. The van der Waals surface area contributed by atoms with E-state index in [-0.39, 0.29) is 5.82 Å². The minimum Gasteiger partial charge on any atom is -0.397 e. The molecule has 0 aromatic heterocycles. The molecule has 3 N–H and O–H groups in total. The van der Waals surface area contributed by atoms with Gasteiger partial charge in [-0.1, -0.05) is 0 Å². The largest absolute Gasteiger partial charge is 0.397 e. The van der Waals surface area contributed by atoms with Crippen molar-refractivity contribution in [3.63, 3.8) is 0 Å². The Morgan fingerprint density at radius 1 is 1.44 bits per heavy atom. The van der Waals surface area contributed by atoms with Crippen LogP contribution in [0.3, 0.4) is 0 Å². The highest BCUT2D eigenvalue weighted by Crippen LogP contribution is 2.25. The average Bonchev–Trinajstić information content (AvgIpc) is 2.17. The molecule has 0 spiro atoms. The van der Waals surface area contributed by atoms with Crippen LogP contribution in [-0.2, 0) is 0 Å². The third-order valence-electron chi connectivity index (χ3n) is 2.29. The Hall–Kier alpha value is -1.29. The van der Waals surface area contributed by atoms with E-state index in [1.807, 2.05) is 11.8 Å². The molecule has 0 saturated carbocycles. The maximum atomic E-state index is 13.1. The molecule has 90 valence electrons. The summed E-state index contributed by atoms with van der Waals surface area (Å²) in [6.45, 7) is 6.45. The fourth-order valence-electron chi connectivity index (χ4n) is 1.63. The summed E-state index contributed by atoms with van der Waals surface area (Å²) in [5.74, 6) is -0.321. The number of hydrogen-bond acceptors (Lipinski definition) is 3. The highest BCUT2D eigenvalue weighted by molar-refractivity contribution is 5.67. The molecule has 0 amide bonds. The van der Waals surface area contributed by atoms with Gasteiger partial charge in [0.05, 0.1) is 17.0 Å². The highest BCUT2D eigenvalue weighted by atomic mass is 19.1. The average molecular weight is 226 g/mol. The van der Waals surface area contributed by atoms with Crippen LogP contribution in [0.15, 0.2) is 18.2 Å². The smallest absolute Gasteiger partial charge is 0.125 e. The first kappa shape index (κ1) is 12.8. The fourth-order valence-corrected chi connectivity index (χ4v) is 1.63. The van der Waals surface area contributed by atoms with Gasteiger partial charge >= 0.3 is 0 Å². The van der Waals surface area contributed by atoms with Crippen LogP contribution in [0.1, 0.15) is 20.8 Å². The van der Waals surface area contributed by atoms with Gasteiger partial charge in [0.25, 0.3) is 0 Å². The molecule has 0 radical (unpaired) electrons. The first-order valence-corrected chi connectivity index (χ1v) is 5.36. The molecular formula is C12H19FN2O. The van der Waals surface area contributed by atoms with E-state index in [9.17, 15) is 9.50 Å². The predicted octanol–water partition coefficient (Wildman–Crippen LogP) is 2.01. The minimum atomic E-state index is -0.839. The molecular weight excluding hydrogens is 207 g/mol. The zero-order valence-corrected chi connectivity index (χ0v) is 10.00. The second kappa shape index (κ2) is 4.70. The van der Waals surface area contributed by atoms with Crippen molar-refractivity contribution in [1.82, 2.24) is 0 Å². The zero-order valence-electron chi connectivity index (χ0n) is 10.00. The quantitative estimate of drug-likeness (QED) is 0.772. The van der Waals surface area contributed by atoms with Gasteiger partial charge in [-0.3, -0.25) is 0 Å². The van der Waals surface area contributed by atoms with Crippen LogP contribution >= 0.6 is 0 Å². The molecule has 1 aromatic carbocycles. The van der Waals surface area contributed by atoms with Crippen molar-refractivity contribution in [3.8, 4) is 0 Å². The normalized spacial score (nSPS) is 11.6. The number of nitrogens with two attached hydrogens (primary N) is 1. The van der Waals surface area contributed by atoms with Gasteiger partial charge in [-0.05, 0) is 39.0 Å². The number of rotatable bonds is 4. The van der Waals surface area contributed by atoms with Crippen molar-refractivity contribution in [1.29, 1.82) is 0 Å². The molecule has 0 unspecified atom stereocenters. The van der Waals surface area contributed by atoms with Crippen LogP contribution in [0.4, 0.5) is 15.8 Å². The highest BCUT2D eigenvalue weighted by Gasteiger charge is 2.19. The van der Waals surface area contributed by atoms with Crippen LogP contribution in [0, 0.1) is 5.82 Å². The van der Waals surface area contributed by atoms with Crippen molar-refractivity contribution in [3.05, 3.63) is 24.0 Å². The molecule has 16 heavy (non-hydrogen) atoms. The summed E-state index contributed by atoms with van der Waals surface area (Å²) in [6, 6.07) is 4.26. The summed E-state index contributed by atoms with van der Waals surface area (Å²) in [7, 11) is 0. The number of nitrogen functional groups attached to an aromatic ring is 1. The van der Waals surface area contributed by atoms with Crippen LogP contribution in [0.5, 0.6) is 0 Å². The topological polar surface area (TPSA) is 49.5 Å². The predicted molar refractivity (Wildman–Crippen MR) is 65.0 cm³/mol. The van der Waals surface area contributed by atoms with Crippen LogP contribution < -0.4 is 10.6 Å². The van der Waals surface area contributed by atoms with E-state index in [0.29, 0.717) is 24.5 Å². The minimum absolute atomic E-state index is 0.321. The monoisotopic (exact) mass is 226 g/mol. The summed E-state index contributed by atoms with van der Waals surface area (Å²) in [6.07, 6.45) is 0. The first-order valence-electron chi connectivity index (χ1n) is 5.36. The van der Waals surface area contributed by atoms with Crippen molar-refractivity contribution >= 4 is 11.4 Å². The first-order chi connectivity index (χ1) is 7.33. The van der Waals surface area contributed by atoms with Gasteiger partial charge in [-0.15, -0.1) is 0 Å². The molecule has 0 aliphatic heterocycles. The molecule has 1 rings (SSSR count). The molecule has 0 heterocycles. The lowest BCUT2D eigenvalue weighted by molar-refractivity contribution is 0.0876. The summed E-state index contributed by atoms with van der Waals surface area (Å²) >= 11 is 0. The van der Waals surface area contributed by atoms with Crippen molar-refractivity contribution < 1.29 is 9.50 Å². The van der Waals surface area contributed by atoms with E-state index in [1.165, 1.54) is 18.2 Å². The maximum absolute atomic E-state index is 13.1. The maximum Gasteiger partial charge on any atom is 0.125 e. The SMILES string of the molecule is CCN(CC(C)(C)O)c1cc(F)ccc1N.